The number of carbonyl (C=O) groups is 1. The summed E-state index contributed by atoms with van der Waals surface area (Å²) in [7, 11) is 0. The van der Waals surface area contributed by atoms with Crippen molar-refractivity contribution in [2.24, 2.45) is 5.73 Å². The highest BCUT2D eigenvalue weighted by Crippen LogP contribution is 2.38. The molecule has 0 radical (unpaired) electrons. The van der Waals surface area contributed by atoms with Gasteiger partial charge in [-0.2, -0.15) is 13.2 Å². The van der Waals surface area contributed by atoms with Gasteiger partial charge in [0.1, 0.15) is 5.82 Å². The van der Waals surface area contributed by atoms with Gasteiger partial charge in [-0.3, -0.25) is 4.79 Å². The van der Waals surface area contributed by atoms with Crippen LogP contribution in [0.3, 0.4) is 0 Å². The van der Waals surface area contributed by atoms with Crippen molar-refractivity contribution in [2.75, 3.05) is 0 Å². The van der Waals surface area contributed by atoms with Gasteiger partial charge in [0.05, 0.1) is 16.6 Å². The fraction of sp³-hybridized carbons (Fsp3) is 0.0800. The molecule has 0 bridgehead atoms. The molecule has 166 valence electrons. The van der Waals surface area contributed by atoms with Gasteiger partial charge in [0, 0.05) is 27.8 Å². The molecule has 0 fully saturated rings. The fourth-order valence-electron chi connectivity index (χ4n) is 4.24. The minimum absolute atomic E-state index is 0.0753. The highest BCUT2D eigenvalue weighted by atomic mass is 32.1. The fourth-order valence-corrected chi connectivity index (χ4v) is 4.96. The lowest BCUT2D eigenvalue weighted by Crippen LogP contribution is -2.13. The molecular formula is C25H16F4N2OS. The summed E-state index contributed by atoms with van der Waals surface area (Å²) in [6.45, 7) is -0.161. The van der Waals surface area contributed by atoms with Crippen LogP contribution in [0.15, 0.2) is 72.1 Å². The van der Waals surface area contributed by atoms with Gasteiger partial charge in [-0.25, -0.2) is 4.39 Å². The zero-order valence-corrected chi connectivity index (χ0v) is 17.8. The number of hydrogen-bond donors (Lipinski definition) is 1. The van der Waals surface area contributed by atoms with Crippen LogP contribution in [-0.4, -0.2) is 10.5 Å². The van der Waals surface area contributed by atoms with Crippen LogP contribution in [0.25, 0.3) is 32.2 Å². The number of aromatic nitrogens is 1. The van der Waals surface area contributed by atoms with E-state index in [1.165, 1.54) is 0 Å². The molecule has 1 amide bonds. The Morgan fingerprint density at radius 3 is 2.48 bits per heavy atom. The molecule has 2 heterocycles. The Kier molecular flexibility index (Phi) is 4.97. The highest BCUT2D eigenvalue weighted by molar-refractivity contribution is 7.13. The topological polar surface area (TPSA) is 48.0 Å². The van der Waals surface area contributed by atoms with Crippen LogP contribution in [0.1, 0.15) is 21.5 Å². The van der Waals surface area contributed by atoms with E-state index in [2.05, 4.69) is 0 Å². The number of halogens is 4. The van der Waals surface area contributed by atoms with Crippen LogP contribution in [0, 0.1) is 5.82 Å². The first kappa shape index (κ1) is 21.2. The van der Waals surface area contributed by atoms with Crippen LogP contribution in [-0.2, 0) is 12.7 Å². The molecule has 33 heavy (non-hydrogen) atoms. The van der Waals surface area contributed by atoms with E-state index in [1.54, 1.807) is 34.1 Å². The molecule has 2 N–H and O–H groups in total. The van der Waals surface area contributed by atoms with E-state index >= 15 is 0 Å². The third kappa shape index (κ3) is 3.66. The summed E-state index contributed by atoms with van der Waals surface area (Å²) in [5, 5.41) is 3.22. The van der Waals surface area contributed by atoms with Gasteiger partial charge < -0.3 is 10.3 Å². The number of nitrogens with zero attached hydrogens (tertiary/aromatic N) is 1. The average molecular weight is 468 g/mol. The molecular weight excluding hydrogens is 452 g/mol. The van der Waals surface area contributed by atoms with Crippen molar-refractivity contribution >= 4 is 39.0 Å². The van der Waals surface area contributed by atoms with E-state index < -0.39 is 23.5 Å². The van der Waals surface area contributed by atoms with Gasteiger partial charge in [0.15, 0.2) is 0 Å². The van der Waals surface area contributed by atoms with E-state index in [0.29, 0.717) is 27.9 Å². The van der Waals surface area contributed by atoms with E-state index in [1.807, 2.05) is 35.7 Å². The standard InChI is InChI=1S/C25H16F4N2OS/c26-16-8-6-15(19(12-16)25(27,28)29)13-31-20-4-1-3-18(24(30)32)23(20)17-9-7-14(11-21(17)31)22-5-2-10-33-22/h1-12H,13H2,(H2,30,32). The SMILES string of the molecule is NC(=O)c1cccc2c1c1ccc(-c3cccs3)cc1n2Cc1ccc(F)cc1C(F)(F)F. The number of thiophene rings is 1. The predicted molar refractivity (Wildman–Crippen MR) is 122 cm³/mol. The van der Waals surface area contributed by atoms with Crippen molar-refractivity contribution in [3.05, 3.63) is 94.6 Å². The summed E-state index contributed by atoms with van der Waals surface area (Å²) in [4.78, 5) is 13.1. The maximum Gasteiger partial charge on any atom is 0.416 e. The number of nitrogens with two attached hydrogens (primary N) is 1. The molecule has 8 heteroatoms. The molecule has 0 aliphatic carbocycles. The quantitative estimate of drug-likeness (QED) is 0.289. The van der Waals surface area contributed by atoms with Crippen molar-refractivity contribution in [1.82, 2.24) is 4.57 Å². The van der Waals surface area contributed by atoms with E-state index in [4.69, 9.17) is 5.73 Å². The lowest BCUT2D eigenvalue weighted by molar-refractivity contribution is -0.138. The average Bonchev–Trinajstić information content (AvgIpc) is 3.41. The summed E-state index contributed by atoms with van der Waals surface area (Å²) < 4.78 is 56.4. The second-order valence-electron chi connectivity index (χ2n) is 7.66. The van der Waals surface area contributed by atoms with E-state index in [9.17, 15) is 22.4 Å². The molecule has 2 aromatic heterocycles. The molecule has 0 spiro atoms. The Bertz CT molecular complexity index is 1520. The second-order valence-corrected chi connectivity index (χ2v) is 8.61. The molecule has 0 aliphatic heterocycles. The number of amides is 1. The predicted octanol–water partition coefficient (Wildman–Crippen LogP) is 6.83. The largest absolute Gasteiger partial charge is 0.416 e. The summed E-state index contributed by atoms with van der Waals surface area (Å²) in [5.41, 5.74) is 6.91. The number of primary amides is 1. The Morgan fingerprint density at radius 2 is 1.79 bits per heavy atom. The molecule has 3 nitrogen and oxygen atoms in total. The first-order valence-electron chi connectivity index (χ1n) is 9.98. The number of fused-ring (bicyclic) bond motifs is 3. The molecule has 5 aromatic rings. The monoisotopic (exact) mass is 468 g/mol. The van der Waals surface area contributed by atoms with Crippen molar-refractivity contribution in [3.63, 3.8) is 0 Å². The van der Waals surface area contributed by atoms with Gasteiger partial charge in [-0.15, -0.1) is 11.3 Å². The van der Waals surface area contributed by atoms with Crippen LogP contribution in [0.5, 0.6) is 0 Å². The van der Waals surface area contributed by atoms with Gasteiger partial charge >= 0.3 is 6.18 Å². The smallest absolute Gasteiger partial charge is 0.366 e. The lowest BCUT2D eigenvalue weighted by atomic mass is 10.0. The van der Waals surface area contributed by atoms with E-state index in [-0.39, 0.29) is 17.7 Å². The van der Waals surface area contributed by atoms with Gasteiger partial charge in [0.2, 0.25) is 5.91 Å². The Balaban J connectivity index is 1.81. The summed E-state index contributed by atoms with van der Waals surface area (Å²) >= 11 is 1.54. The number of hydrogen-bond acceptors (Lipinski definition) is 2. The molecule has 0 saturated carbocycles. The first-order chi connectivity index (χ1) is 15.7. The van der Waals surface area contributed by atoms with Crippen molar-refractivity contribution < 1.29 is 22.4 Å². The summed E-state index contributed by atoms with van der Waals surface area (Å²) in [6.07, 6.45) is -4.71. The number of alkyl halides is 3. The zero-order valence-electron chi connectivity index (χ0n) is 17.0. The number of carbonyl (C=O) groups excluding carboxylic acids is 1. The van der Waals surface area contributed by atoms with Gasteiger partial charge in [-0.05, 0) is 52.9 Å². The Morgan fingerprint density at radius 1 is 0.970 bits per heavy atom. The molecule has 0 unspecified atom stereocenters. The molecule has 0 atom stereocenters. The molecule has 5 rings (SSSR count). The molecule has 3 aromatic carbocycles. The third-order valence-electron chi connectivity index (χ3n) is 5.67. The van der Waals surface area contributed by atoms with Crippen LogP contribution in [0.2, 0.25) is 0 Å². The zero-order chi connectivity index (χ0) is 23.3. The van der Waals surface area contributed by atoms with Crippen LogP contribution in [0.4, 0.5) is 17.6 Å². The Hall–Kier alpha value is -3.65. The summed E-state index contributed by atoms with van der Waals surface area (Å²) in [6, 6.07) is 17.2. The lowest BCUT2D eigenvalue weighted by Gasteiger charge is -2.15. The van der Waals surface area contributed by atoms with Crippen molar-refractivity contribution in [1.29, 1.82) is 0 Å². The highest BCUT2D eigenvalue weighted by Gasteiger charge is 2.34. The minimum Gasteiger partial charge on any atom is -0.366 e. The van der Waals surface area contributed by atoms with Gasteiger partial charge in [0.25, 0.3) is 0 Å². The summed E-state index contributed by atoms with van der Waals surface area (Å²) in [5.74, 6) is -1.58. The maximum atomic E-state index is 13.7. The molecule has 0 saturated heterocycles. The third-order valence-corrected chi connectivity index (χ3v) is 6.59. The molecule has 0 aliphatic rings. The van der Waals surface area contributed by atoms with Crippen LogP contribution < -0.4 is 5.73 Å². The van der Waals surface area contributed by atoms with Gasteiger partial charge in [-0.1, -0.05) is 30.3 Å². The Labute approximate surface area is 189 Å². The minimum atomic E-state index is -4.71. The first-order valence-corrected chi connectivity index (χ1v) is 10.9. The number of rotatable bonds is 4. The normalized spacial score (nSPS) is 12.0. The maximum absolute atomic E-state index is 13.7. The second kappa shape index (κ2) is 7.74. The van der Waals surface area contributed by atoms with Crippen LogP contribution >= 0.6 is 11.3 Å². The van der Waals surface area contributed by atoms with Crippen molar-refractivity contribution in [2.45, 2.75) is 12.7 Å². The van der Waals surface area contributed by atoms with E-state index in [0.717, 1.165) is 22.6 Å². The van der Waals surface area contributed by atoms with Crippen molar-refractivity contribution in [3.8, 4) is 10.4 Å². The number of benzene rings is 3.